The lowest BCUT2D eigenvalue weighted by atomic mass is 10.1. The van der Waals surface area contributed by atoms with Gasteiger partial charge in [-0.3, -0.25) is 9.78 Å². The molecule has 0 saturated heterocycles. The highest BCUT2D eigenvalue weighted by Gasteiger charge is 2.29. The number of hydrogen-bond donors (Lipinski definition) is 2. The van der Waals surface area contributed by atoms with Crippen LogP contribution in [-0.4, -0.2) is 16.9 Å². The molecule has 0 aromatic carbocycles. The summed E-state index contributed by atoms with van der Waals surface area (Å²) in [6.07, 6.45) is 6.24. The molecule has 92 valence electrons. The SMILES string of the molecule is CC(NC(=O)CC(N)C1CC1)c1ccncc1. The van der Waals surface area contributed by atoms with Crippen LogP contribution in [0.2, 0.25) is 0 Å². The van der Waals surface area contributed by atoms with Crippen LogP contribution in [-0.2, 0) is 4.79 Å². The van der Waals surface area contributed by atoms with Gasteiger partial charge >= 0.3 is 0 Å². The maximum absolute atomic E-state index is 11.8. The summed E-state index contributed by atoms with van der Waals surface area (Å²) in [4.78, 5) is 15.7. The van der Waals surface area contributed by atoms with Gasteiger partial charge < -0.3 is 11.1 Å². The summed E-state index contributed by atoms with van der Waals surface area (Å²) in [7, 11) is 0. The Balaban J connectivity index is 1.81. The maximum Gasteiger partial charge on any atom is 0.222 e. The Labute approximate surface area is 102 Å². The Morgan fingerprint density at radius 3 is 2.76 bits per heavy atom. The molecular weight excluding hydrogens is 214 g/mol. The van der Waals surface area contributed by atoms with Crippen LogP contribution >= 0.6 is 0 Å². The summed E-state index contributed by atoms with van der Waals surface area (Å²) in [5, 5.41) is 2.96. The van der Waals surface area contributed by atoms with Gasteiger partial charge in [-0.1, -0.05) is 0 Å². The molecule has 1 saturated carbocycles. The normalized spacial score (nSPS) is 18.5. The first kappa shape index (κ1) is 12.0. The molecule has 2 rings (SSSR count). The van der Waals surface area contributed by atoms with Gasteiger partial charge in [-0.05, 0) is 43.4 Å². The maximum atomic E-state index is 11.8. The molecule has 17 heavy (non-hydrogen) atoms. The monoisotopic (exact) mass is 233 g/mol. The average Bonchev–Trinajstić information content (AvgIpc) is 3.13. The van der Waals surface area contributed by atoms with Crippen molar-refractivity contribution < 1.29 is 4.79 Å². The fourth-order valence-corrected chi connectivity index (χ4v) is 1.94. The summed E-state index contributed by atoms with van der Waals surface area (Å²) in [5.74, 6) is 0.602. The molecule has 3 N–H and O–H groups in total. The van der Waals surface area contributed by atoms with Gasteiger partial charge in [0.2, 0.25) is 5.91 Å². The highest BCUT2D eigenvalue weighted by molar-refractivity contribution is 5.77. The molecule has 1 aromatic rings. The standard InChI is InChI=1S/C13H19N3O/c1-9(10-4-6-15-7-5-10)16-13(17)8-12(14)11-2-3-11/h4-7,9,11-12H,2-3,8,14H2,1H3,(H,16,17). The third kappa shape index (κ3) is 3.53. The first-order chi connectivity index (χ1) is 8.16. The smallest absolute Gasteiger partial charge is 0.222 e. The fraction of sp³-hybridized carbons (Fsp3) is 0.538. The minimum atomic E-state index is 0.0110. The minimum absolute atomic E-state index is 0.0110. The molecular formula is C13H19N3O. The van der Waals surface area contributed by atoms with E-state index >= 15 is 0 Å². The van der Waals surface area contributed by atoms with Crippen LogP contribution in [0.15, 0.2) is 24.5 Å². The van der Waals surface area contributed by atoms with Gasteiger partial charge in [0, 0.05) is 24.9 Å². The van der Waals surface area contributed by atoms with Gasteiger partial charge in [-0.25, -0.2) is 0 Å². The van der Waals surface area contributed by atoms with E-state index in [1.54, 1.807) is 12.4 Å². The molecule has 0 bridgehead atoms. The zero-order valence-electron chi connectivity index (χ0n) is 10.1. The fourth-order valence-electron chi connectivity index (χ4n) is 1.94. The van der Waals surface area contributed by atoms with E-state index in [1.807, 2.05) is 19.1 Å². The topological polar surface area (TPSA) is 68.0 Å². The molecule has 0 spiro atoms. The molecule has 0 aliphatic heterocycles. The van der Waals surface area contributed by atoms with E-state index in [0.717, 1.165) is 5.56 Å². The average molecular weight is 233 g/mol. The lowest BCUT2D eigenvalue weighted by molar-refractivity contribution is -0.122. The second-order valence-corrected chi connectivity index (χ2v) is 4.78. The first-order valence-corrected chi connectivity index (χ1v) is 6.11. The van der Waals surface area contributed by atoms with E-state index in [-0.39, 0.29) is 18.0 Å². The Bertz CT molecular complexity index is 376. The molecule has 1 fully saturated rings. The van der Waals surface area contributed by atoms with Crippen LogP contribution in [0.3, 0.4) is 0 Å². The molecule has 4 nitrogen and oxygen atoms in total. The van der Waals surface area contributed by atoms with Crippen LogP contribution in [0.5, 0.6) is 0 Å². The summed E-state index contributed by atoms with van der Waals surface area (Å²) >= 11 is 0. The Kier molecular flexibility index (Phi) is 3.74. The van der Waals surface area contributed by atoms with Gasteiger partial charge in [0.25, 0.3) is 0 Å². The van der Waals surface area contributed by atoms with Crippen molar-refractivity contribution in [2.75, 3.05) is 0 Å². The van der Waals surface area contributed by atoms with Crippen LogP contribution in [0.4, 0.5) is 0 Å². The molecule has 1 heterocycles. The van der Waals surface area contributed by atoms with Crippen molar-refractivity contribution in [3.8, 4) is 0 Å². The van der Waals surface area contributed by atoms with Crippen molar-refractivity contribution >= 4 is 5.91 Å². The van der Waals surface area contributed by atoms with Crippen molar-refractivity contribution in [3.05, 3.63) is 30.1 Å². The molecule has 1 aromatic heterocycles. The number of nitrogens with zero attached hydrogens (tertiary/aromatic N) is 1. The largest absolute Gasteiger partial charge is 0.350 e. The van der Waals surface area contributed by atoms with Gasteiger partial charge in [-0.2, -0.15) is 0 Å². The second-order valence-electron chi connectivity index (χ2n) is 4.78. The summed E-state index contributed by atoms with van der Waals surface area (Å²) in [6.45, 7) is 1.97. The summed E-state index contributed by atoms with van der Waals surface area (Å²) < 4.78 is 0. The summed E-state index contributed by atoms with van der Waals surface area (Å²) in [6, 6.07) is 3.86. The first-order valence-electron chi connectivity index (χ1n) is 6.11. The number of nitrogens with two attached hydrogens (primary N) is 1. The molecule has 0 radical (unpaired) electrons. The lowest BCUT2D eigenvalue weighted by Gasteiger charge is -2.16. The number of pyridine rings is 1. The van der Waals surface area contributed by atoms with E-state index in [0.29, 0.717) is 12.3 Å². The predicted molar refractivity (Wildman–Crippen MR) is 66.1 cm³/mol. The van der Waals surface area contributed by atoms with Crippen molar-refractivity contribution in [3.63, 3.8) is 0 Å². The third-order valence-electron chi connectivity index (χ3n) is 3.23. The highest BCUT2D eigenvalue weighted by Crippen LogP contribution is 2.32. The number of rotatable bonds is 5. The third-order valence-corrected chi connectivity index (χ3v) is 3.23. The van der Waals surface area contributed by atoms with Crippen LogP contribution in [0.25, 0.3) is 0 Å². The van der Waals surface area contributed by atoms with E-state index in [2.05, 4.69) is 10.3 Å². The van der Waals surface area contributed by atoms with Gasteiger partial charge in [0.15, 0.2) is 0 Å². The zero-order chi connectivity index (χ0) is 12.3. The highest BCUT2D eigenvalue weighted by atomic mass is 16.1. The molecule has 1 aliphatic rings. The Morgan fingerprint density at radius 2 is 2.18 bits per heavy atom. The molecule has 2 unspecified atom stereocenters. The second kappa shape index (κ2) is 5.27. The van der Waals surface area contributed by atoms with Crippen LogP contribution in [0, 0.1) is 5.92 Å². The molecule has 1 aliphatic carbocycles. The lowest BCUT2D eigenvalue weighted by Crippen LogP contribution is -2.34. The number of aromatic nitrogens is 1. The van der Waals surface area contributed by atoms with Crippen molar-refractivity contribution in [1.29, 1.82) is 0 Å². The van der Waals surface area contributed by atoms with E-state index in [9.17, 15) is 4.79 Å². The number of nitrogens with one attached hydrogen (secondary N) is 1. The van der Waals surface area contributed by atoms with Gasteiger partial charge in [0.05, 0.1) is 6.04 Å². The molecule has 2 atom stereocenters. The zero-order valence-corrected chi connectivity index (χ0v) is 10.1. The van der Waals surface area contributed by atoms with E-state index in [4.69, 9.17) is 5.73 Å². The van der Waals surface area contributed by atoms with Crippen molar-refractivity contribution in [2.24, 2.45) is 11.7 Å². The Hall–Kier alpha value is -1.42. The number of amides is 1. The van der Waals surface area contributed by atoms with E-state index < -0.39 is 0 Å². The van der Waals surface area contributed by atoms with Crippen molar-refractivity contribution in [1.82, 2.24) is 10.3 Å². The number of hydrogen-bond acceptors (Lipinski definition) is 3. The minimum Gasteiger partial charge on any atom is -0.350 e. The van der Waals surface area contributed by atoms with Crippen LogP contribution < -0.4 is 11.1 Å². The summed E-state index contributed by atoms with van der Waals surface area (Å²) in [5.41, 5.74) is 6.99. The predicted octanol–water partition coefficient (Wildman–Crippen LogP) is 1.39. The van der Waals surface area contributed by atoms with Gasteiger partial charge in [0.1, 0.15) is 0 Å². The number of carbonyl (C=O) groups excluding carboxylic acids is 1. The molecule has 4 heteroatoms. The van der Waals surface area contributed by atoms with Gasteiger partial charge in [-0.15, -0.1) is 0 Å². The Morgan fingerprint density at radius 1 is 1.53 bits per heavy atom. The molecule has 1 amide bonds. The van der Waals surface area contributed by atoms with Crippen molar-refractivity contribution in [2.45, 2.75) is 38.3 Å². The number of carbonyl (C=O) groups is 1. The van der Waals surface area contributed by atoms with E-state index in [1.165, 1.54) is 12.8 Å². The quantitative estimate of drug-likeness (QED) is 0.807. The van der Waals surface area contributed by atoms with Crippen LogP contribution in [0.1, 0.15) is 37.8 Å².